The third-order valence-corrected chi connectivity index (χ3v) is 19.7. The van der Waals surface area contributed by atoms with Gasteiger partial charge in [0.25, 0.3) is 0 Å². The van der Waals surface area contributed by atoms with Gasteiger partial charge in [0.15, 0.2) is 0 Å². The molecule has 5 rings (SSSR count). The summed E-state index contributed by atoms with van der Waals surface area (Å²) in [7, 11) is -15.5. The molecule has 0 fully saturated rings. The zero-order chi connectivity index (χ0) is 37.2. The van der Waals surface area contributed by atoms with Gasteiger partial charge in [0, 0.05) is 0 Å². The Morgan fingerprint density at radius 1 is 0.529 bits per heavy atom. The molecule has 0 spiro atoms. The topological polar surface area (TPSA) is 86.7 Å². The van der Waals surface area contributed by atoms with Gasteiger partial charge in [-0.15, -0.1) is 0 Å². The van der Waals surface area contributed by atoms with Crippen LogP contribution in [-0.2, 0) is 32.8 Å². The molecule has 0 heterocycles. The van der Waals surface area contributed by atoms with Crippen molar-refractivity contribution in [3.05, 3.63) is 157 Å². The SMILES string of the molecule is Cc1ccccc1S(OS(=O)(=O)C(F)(F)F)(c1ccc(Cc2ccc(I(OS(=O)(=O)C(F)(F)F)c3ccccc3)cc2)cc1)c1ccccc1C. The molecule has 0 aliphatic heterocycles. The summed E-state index contributed by atoms with van der Waals surface area (Å²) in [6.45, 7) is 3.32. The second-order valence-electron chi connectivity index (χ2n) is 11.0. The monoisotopic (exact) mass is 882 g/mol. The average molecular weight is 883 g/mol. The van der Waals surface area contributed by atoms with Gasteiger partial charge in [0.05, 0.1) is 0 Å². The number of hydrogen-bond donors (Lipinski definition) is 0. The van der Waals surface area contributed by atoms with E-state index in [-0.39, 0.29) is 21.1 Å². The number of benzene rings is 5. The van der Waals surface area contributed by atoms with E-state index in [1.54, 1.807) is 105 Å². The third kappa shape index (κ3) is 8.30. The molecule has 0 saturated heterocycles. The second kappa shape index (κ2) is 14.9. The van der Waals surface area contributed by atoms with Crippen LogP contribution in [0, 0.1) is 21.0 Å². The van der Waals surface area contributed by atoms with Crippen molar-refractivity contribution in [2.24, 2.45) is 0 Å². The Labute approximate surface area is 301 Å². The molecular formula is C35H29F6IO6S3. The van der Waals surface area contributed by atoms with Gasteiger partial charge in [-0.2, -0.15) is 21.6 Å². The average Bonchev–Trinajstić information content (AvgIpc) is 3.07. The Bertz CT molecular complexity index is 2170. The van der Waals surface area contributed by atoms with Crippen LogP contribution in [-0.4, -0.2) is 27.9 Å². The summed E-state index contributed by atoms with van der Waals surface area (Å²) in [6, 6.07) is 33.3. The zero-order valence-electron chi connectivity index (χ0n) is 26.7. The molecule has 0 aromatic heterocycles. The Morgan fingerprint density at radius 3 is 1.39 bits per heavy atom. The Kier molecular flexibility index (Phi) is 11.3. The first-order valence-corrected chi connectivity index (χ1v) is 22.2. The van der Waals surface area contributed by atoms with Crippen molar-refractivity contribution < 1.29 is 49.3 Å². The number of alkyl halides is 6. The van der Waals surface area contributed by atoms with Gasteiger partial charge in [-0.25, -0.2) is 0 Å². The van der Waals surface area contributed by atoms with E-state index >= 15 is 0 Å². The first-order valence-electron chi connectivity index (χ1n) is 14.8. The number of halogens is 7. The summed E-state index contributed by atoms with van der Waals surface area (Å²) in [4.78, 5) is 0.726. The molecule has 0 atom stereocenters. The fourth-order valence-electron chi connectivity index (χ4n) is 5.01. The Hall–Kier alpha value is -3.42. The van der Waals surface area contributed by atoms with E-state index in [1.807, 2.05) is 0 Å². The molecule has 51 heavy (non-hydrogen) atoms. The van der Waals surface area contributed by atoms with E-state index in [1.165, 1.54) is 36.4 Å². The Morgan fingerprint density at radius 2 is 0.941 bits per heavy atom. The summed E-state index contributed by atoms with van der Waals surface area (Å²) in [5.74, 6) is 0. The van der Waals surface area contributed by atoms with Crippen LogP contribution in [0.25, 0.3) is 0 Å². The molecule has 16 heteroatoms. The molecule has 0 radical (unpaired) electrons. The minimum atomic E-state index is -6.11. The summed E-state index contributed by atoms with van der Waals surface area (Å²) in [5, 5.41) is 0. The van der Waals surface area contributed by atoms with E-state index in [9.17, 15) is 43.2 Å². The summed E-state index contributed by atoms with van der Waals surface area (Å²) >= 11 is -3.58. The van der Waals surface area contributed by atoms with E-state index in [2.05, 4.69) is 0 Å². The van der Waals surface area contributed by atoms with Crippen molar-refractivity contribution in [3.63, 3.8) is 0 Å². The van der Waals surface area contributed by atoms with E-state index in [0.29, 0.717) is 29.4 Å². The van der Waals surface area contributed by atoms with Gasteiger partial charge in [0.1, 0.15) is 0 Å². The molecule has 5 aromatic carbocycles. The molecule has 0 saturated carbocycles. The number of aryl methyl sites for hydroxylation is 2. The minimum Gasteiger partial charge on any atom is -0.0619 e. The van der Waals surface area contributed by atoms with Crippen molar-refractivity contribution in [1.29, 1.82) is 0 Å². The van der Waals surface area contributed by atoms with Crippen LogP contribution >= 0.6 is 30.5 Å². The number of rotatable bonds is 11. The quantitative estimate of drug-likeness (QED) is 0.0746. The zero-order valence-corrected chi connectivity index (χ0v) is 31.3. The van der Waals surface area contributed by atoms with E-state index < -0.39 is 61.8 Å². The maximum absolute atomic E-state index is 13.9. The summed E-state index contributed by atoms with van der Waals surface area (Å²) < 4.78 is 142. The van der Waals surface area contributed by atoms with Crippen LogP contribution < -0.4 is 0 Å². The van der Waals surface area contributed by atoms with Crippen LogP contribution in [0.2, 0.25) is 0 Å². The molecule has 0 aliphatic carbocycles. The van der Waals surface area contributed by atoms with Crippen LogP contribution in [0.4, 0.5) is 26.3 Å². The van der Waals surface area contributed by atoms with Gasteiger partial charge in [-0.1, -0.05) is 36.4 Å². The van der Waals surface area contributed by atoms with Gasteiger partial charge in [0.2, 0.25) is 0 Å². The maximum atomic E-state index is 13.9. The molecular weight excluding hydrogens is 853 g/mol. The van der Waals surface area contributed by atoms with Gasteiger partial charge >= 0.3 is 231 Å². The minimum absolute atomic E-state index is 0.193. The van der Waals surface area contributed by atoms with Crippen molar-refractivity contribution in [3.8, 4) is 0 Å². The molecule has 0 N–H and O–H groups in total. The van der Waals surface area contributed by atoms with Crippen LogP contribution in [0.15, 0.2) is 142 Å². The molecule has 0 bridgehead atoms. The smallest absolute Gasteiger partial charge is 0.0619 e. The summed E-state index contributed by atoms with van der Waals surface area (Å²) in [5.41, 5.74) is -8.91. The fraction of sp³-hybridized carbons (Fsp3) is 0.143. The predicted octanol–water partition coefficient (Wildman–Crippen LogP) is 10.3. The third-order valence-electron chi connectivity index (χ3n) is 7.42. The molecule has 0 aliphatic rings. The molecule has 0 amide bonds. The van der Waals surface area contributed by atoms with Crippen molar-refractivity contribution >= 4 is 50.8 Å². The summed E-state index contributed by atoms with van der Waals surface area (Å²) in [6.07, 6.45) is 0.264. The Balaban J connectivity index is 1.54. The van der Waals surface area contributed by atoms with Gasteiger partial charge in [-0.3, -0.25) is 0 Å². The van der Waals surface area contributed by atoms with E-state index in [0.717, 1.165) is 0 Å². The van der Waals surface area contributed by atoms with Crippen LogP contribution in [0.1, 0.15) is 22.3 Å². The van der Waals surface area contributed by atoms with Crippen molar-refractivity contribution in [2.45, 2.75) is 46.0 Å². The molecule has 5 aromatic rings. The normalized spacial score (nSPS) is 13.5. The van der Waals surface area contributed by atoms with Crippen LogP contribution in [0.3, 0.4) is 0 Å². The standard InChI is InChI=1S/C35H29F6IO6S3/c1-25-10-6-8-14-32(25)49(33-15-9-7-11-26(33)2,48-51(45,46)35(39,40)41)31-22-18-28(19-23-31)24-27-16-20-30(21-17-27)42(29-12-4-3-5-13-29)47-50(43,44)34(36,37)38/h3-23H,24H2,1-2H3. The molecule has 6 nitrogen and oxygen atoms in total. The van der Waals surface area contributed by atoms with Crippen molar-refractivity contribution in [1.82, 2.24) is 0 Å². The van der Waals surface area contributed by atoms with Crippen molar-refractivity contribution in [2.75, 3.05) is 0 Å². The number of hydrogen-bond acceptors (Lipinski definition) is 6. The van der Waals surface area contributed by atoms with Gasteiger partial charge in [-0.05, 0) is 13.8 Å². The first-order chi connectivity index (χ1) is 23.9. The predicted molar refractivity (Wildman–Crippen MR) is 190 cm³/mol. The molecule has 272 valence electrons. The first kappa shape index (κ1) is 38.8. The second-order valence-corrected chi connectivity index (χ2v) is 21.9. The van der Waals surface area contributed by atoms with Crippen LogP contribution in [0.5, 0.6) is 0 Å². The van der Waals surface area contributed by atoms with Gasteiger partial charge < -0.3 is 0 Å². The van der Waals surface area contributed by atoms with E-state index in [4.69, 9.17) is 6.14 Å². The fourth-order valence-corrected chi connectivity index (χ4v) is 16.6. The molecule has 0 unspecified atom stereocenters.